The van der Waals surface area contributed by atoms with Gasteiger partial charge < -0.3 is 5.11 Å². The fourth-order valence-electron chi connectivity index (χ4n) is 1.79. The molecule has 1 N–H and O–H groups in total. The largest absolute Gasteiger partial charge is 0.476 e. The van der Waals surface area contributed by atoms with Crippen molar-refractivity contribution in [2.45, 2.75) is 31.7 Å². The number of alkyl halides is 2. The van der Waals surface area contributed by atoms with E-state index in [9.17, 15) is 13.6 Å². The van der Waals surface area contributed by atoms with Crippen molar-refractivity contribution in [2.75, 3.05) is 0 Å². The quantitative estimate of drug-likeness (QED) is 0.850. The Morgan fingerprint density at radius 1 is 1.62 bits per heavy atom. The second-order valence-electron chi connectivity index (χ2n) is 4.05. The highest BCUT2D eigenvalue weighted by atomic mass is 19.3. The molecule has 0 radical (unpaired) electrons. The fourth-order valence-corrected chi connectivity index (χ4v) is 1.79. The van der Waals surface area contributed by atoms with Crippen molar-refractivity contribution in [1.82, 2.24) is 15.0 Å². The number of carboxylic acid groups (broad SMARTS) is 1. The summed E-state index contributed by atoms with van der Waals surface area (Å²) in [6.45, 7) is 0.383. The average molecular weight is 231 g/mol. The van der Waals surface area contributed by atoms with Gasteiger partial charge in [0, 0.05) is 12.8 Å². The minimum atomic E-state index is -2.51. The van der Waals surface area contributed by atoms with E-state index < -0.39 is 11.9 Å². The van der Waals surface area contributed by atoms with Crippen LogP contribution in [0.3, 0.4) is 0 Å². The normalized spacial score (nSPS) is 19.4. The molecular formula is C9H11F2N3O2. The molecule has 1 aromatic rings. The third kappa shape index (κ3) is 2.34. The molecular weight excluding hydrogens is 220 g/mol. The second-order valence-corrected chi connectivity index (χ2v) is 4.05. The zero-order chi connectivity index (χ0) is 11.8. The molecule has 16 heavy (non-hydrogen) atoms. The SMILES string of the molecule is O=C(O)c1cnn(CCC2CC(F)(F)C2)n1. The van der Waals surface area contributed by atoms with Gasteiger partial charge in [0.05, 0.1) is 12.7 Å². The van der Waals surface area contributed by atoms with Crippen LogP contribution in [0.25, 0.3) is 0 Å². The highest BCUT2D eigenvalue weighted by Crippen LogP contribution is 2.44. The highest BCUT2D eigenvalue weighted by molar-refractivity contribution is 5.84. The van der Waals surface area contributed by atoms with Crippen molar-refractivity contribution in [3.63, 3.8) is 0 Å². The van der Waals surface area contributed by atoms with E-state index >= 15 is 0 Å². The van der Waals surface area contributed by atoms with Crippen LogP contribution in [0.4, 0.5) is 8.78 Å². The van der Waals surface area contributed by atoms with E-state index in [1.54, 1.807) is 0 Å². The second kappa shape index (κ2) is 3.80. The molecule has 5 nitrogen and oxygen atoms in total. The van der Waals surface area contributed by atoms with E-state index in [0.29, 0.717) is 13.0 Å². The van der Waals surface area contributed by atoms with E-state index in [1.165, 1.54) is 4.80 Å². The highest BCUT2D eigenvalue weighted by Gasteiger charge is 2.44. The molecule has 7 heteroatoms. The first kappa shape index (κ1) is 11.0. The Hall–Kier alpha value is -1.53. The fraction of sp³-hybridized carbons (Fsp3) is 0.667. The summed E-state index contributed by atoms with van der Waals surface area (Å²) >= 11 is 0. The molecule has 1 aliphatic rings. The van der Waals surface area contributed by atoms with Crippen molar-refractivity contribution >= 4 is 5.97 Å². The summed E-state index contributed by atoms with van der Waals surface area (Å²) in [6.07, 6.45) is 1.54. The van der Waals surface area contributed by atoms with E-state index in [0.717, 1.165) is 6.20 Å². The van der Waals surface area contributed by atoms with Crippen LogP contribution in [0, 0.1) is 5.92 Å². The third-order valence-electron chi connectivity index (χ3n) is 2.67. The summed E-state index contributed by atoms with van der Waals surface area (Å²) in [5.74, 6) is -3.65. The molecule has 0 unspecified atom stereocenters. The molecule has 1 saturated carbocycles. The summed E-state index contributed by atoms with van der Waals surface area (Å²) in [7, 11) is 0. The third-order valence-corrected chi connectivity index (χ3v) is 2.67. The van der Waals surface area contributed by atoms with Gasteiger partial charge in [-0.15, -0.1) is 5.10 Å². The number of halogens is 2. The molecule has 1 fully saturated rings. The maximum atomic E-state index is 12.5. The number of carbonyl (C=O) groups is 1. The molecule has 1 aliphatic carbocycles. The lowest BCUT2D eigenvalue weighted by molar-refractivity contribution is -0.113. The first-order chi connectivity index (χ1) is 7.46. The van der Waals surface area contributed by atoms with Gasteiger partial charge in [0.25, 0.3) is 0 Å². The summed E-state index contributed by atoms with van der Waals surface area (Å²) in [5.41, 5.74) is -0.126. The molecule has 1 aromatic heterocycles. The van der Waals surface area contributed by atoms with Crippen LogP contribution in [0.2, 0.25) is 0 Å². The number of aromatic nitrogens is 3. The maximum Gasteiger partial charge on any atom is 0.358 e. The number of aromatic carboxylic acids is 1. The molecule has 0 saturated heterocycles. The Kier molecular flexibility index (Phi) is 2.61. The van der Waals surface area contributed by atoms with Crippen LogP contribution in [-0.2, 0) is 6.54 Å². The van der Waals surface area contributed by atoms with Crippen molar-refractivity contribution < 1.29 is 18.7 Å². The molecule has 0 aliphatic heterocycles. The molecule has 2 rings (SSSR count). The van der Waals surface area contributed by atoms with Crippen LogP contribution in [0.5, 0.6) is 0 Å². The van der Waals surface area contributed by atoms with Crippen LogP contribution in [0.15, 0.2) is 6.20 Å². The molecule has 0 spiro atoms. The molecule has 0 atom stereocenters. The zero-order valence-corrected chi connectivity index (χ0v) is 8.44. The lowest BCUT2D eigenvalue weighted by Crippen LogP contribution is -2.35. The van der Waals surface area contributed by atoms with Gasteiger partial charge in [0.15, 0.2) is 5.69 Å². The van der Waals surface area contributed by atoms with Crippen LogP contribution < -0.4 is 0 Å². The van der Waals surface area contributed by atoms with E-state index in [2.05, 4.69) is 10.2 Å². The lowest BCUT2D eigenvalue weighted by Gasteiger charge is -2.34. The standard InChI is InChI=1S/C9H11F2N3O2/c10-9(11)3-6(4-9)1-2-14-12-5-7(13-14)8(15)16/h5-6H,1-4H2,(H,15,16). The van der Waals surface area contributed by atoms with Crippen LogP contribution in [0.1, 0.15) is 29.8 Å². The number of nitrogens with zero attached hydrogens (tertiary/aromatic N) is 3. The number of hydrogen-bond acceptors (Lipinski definition) is 3. The van der Waals surface area contributed by atoms with Gasteiger partial charge in [-0.05, 0) is 12.3 Å². The summed E-state index contributed by atoms with van der Waals surface area (Å²) < 4.78 is 25.0. The summed E-state index contributed by atoms with van der Waals surface area (Å²) in [6, 6.07) is 0. The minimum Gasteiger partial charge on any atom is -0.476 e. The number of aryl methyl sites for hydroxylation is 1. The number of rotatable bonds is 4. The molecule has 1 heterocycles. The van der Waals surface area contributed by atoms with Gasteiger partial charge >= 0.3 is 5.97 Å². The van der Waals surface area contributed by atoms with Crippen molar-refractivity contribution in [2.24, 2.45) is 5.92 Å². The average Bonchev–Trinajstić information content (AvgIpc) is 2.59. The summed E-state index contributed by atoms with van der Waals surface area (Å²) in [4.78, 5) is 11.7. The predicted molar refractivity (Wildman–Crippen MR) is 49.3 cm³/mol. The first-order valence-electron chi connectivity index (χ1n) is 4.97. The Labute approximate surface area is 90.1 Å². The van der Waals surface area contributed by atoms with E-state index in [1.807, 2.05) is 0 Å². The molecule has 88 valence electrons. The minimum absolute atomic E-state index is 0.00530. The monoisotopic (exact) mass is 231 g/mol. The zero-order valence-electron chi connectivity index (χ0n) is 8.44. The Morgan fingerprint density at radius 2 is 2.31 bits per heavy atom. The van der Waals surface area contributed by atoms with E-state index in [-0.39, 0.29) is 24.5 Å². The predicted octanol–water partition coefficient (Wildman–Crippen LogP) is 1.41. The first-order valence-corrected chi connectivity index (χ1v) is 4.97. The van der Waals surface area contributed by atoms with Gasteiger partial charge in [-0.1, -0.05) is 0 Å². The van der Waals surface area contributed by atoms with Gasteiger partial charge in [-0.25, -0.2) is 13.6 Å². The van der Waals surface area contributed by atoms with Crippen molar-refractivity contribution in [3.8, 4) is 0 Å². The molecule has 0 aromatic carbocycles. The van der Waals surface area contributed by atoms with Gasteiger partial charge in [-0.3, -0.25) is 0 Å². The van der Waals surface area contributed by atoms with Gasteiger partial charge in [-0.2, -0.15) is 9.90 Å². The van der Waals surface area contributed by atoms with Crippen LogP contribution >= 0.6 is 0 Å². The molecule has 0 amide bonds. The topological polar surface area (TPSA) is 68.0 Å². The molecule has 0 bridgehead atoms. The Bertz CT molecular complexity index is 397. The Morgan fingerprint density at radius 3 is 2.81 bits per heavy atom. The Balaban J connectivity index is 1.80. The smallest absolute Gasteiger partial charge is 0.358 e. The van der Waals surface area contributed by atoms with E-state index in [4.69, 9.17) is 5.11 Å². The number of carboxylic acids is 1. The van der Waals surface area contributed by atoms with Crippen molar-refractivity contribution in [1.29, 1.82) is 0 Å². The van der Waals surface area contributed by atoms with Crippen LogP contribution in [-0.4, -0.2) is 32.0 Å². The number of hydrogen-bond donors (Lipinski definition) is 1. The van der Waals surface area contributed by atoms with Gasteiger partial charge in [0.1, 0.15) is 0 Å². The lowest BCUT2D eigenvalue weighted by atomic mass is 9.79. The van der Waals surface area contributed by atoms with Gasteiger partial charge in [0.2, 0.25) is 5.92 Å². The maximum absolute atomic E-state index is 12.5. The van der Waals surface area contributed by atoms with Crippen molar-refractivity contribution in [3.05, 3.63) is 11.9 Å². The summed E-state index contributed by atoms with van der Waals surface area (Å²) in [5, 5.41) is 16.0.